The molecule has 0 fully saturated rings. The van der Waals surface area contributed by atoms with Gasteiger partial charge in [-0.05, 0) is 29.6 Å². The van der Waals surface area contributed by atoms with Crippen molar-refractivity contribution in [2.45, 2.75) is 12.5 Å². The topological polar surface area (TPSA) is 51.8 Å². The Hall–Kier alpha value is -1.33. The normalized spacial score (nSPS) is 12.7. The Morgan fingerprint density at radius 3 is 2.87 bits per heavy atom. The van der Waals surface area contributed by atoms with Crippen molar-refractivity contribution < 1.29 is 4.39 Å². The van der Waals surface area contributed by atoms with E-state index in [9.17, 15) is 4.39 Å². The van der Waals surface area contributed by atoms with Crippen molar-refractivity contribution in [2.75, 3.05) is 0 Å². The molecule has 78 valence electrons. The van der Waals surface area contributed by atoms with Crippen LogP contribution in [0, 0.1) is 5.82 Å². The Morgan fingerprint density at radius 1 is 1.40 bits per heavy atom. The van der Waals surface area contributed by atoms with E-state index in [1.54, 1.807) is 23.6 Å². The van der Waals surface area contributed by atoms with Gasteiger partial charge >= 0.3 is 0 Å². The standard InChI is InChI=1S/C10H10FN3S/c11-8-4-2-1-3-7(8)5-9(12)10-6-15-14-13-10/h1-4,6,9H,5,12H2. The maximum atomic E-state index is 13.3. The number of hydrogen-bond donors (Lipinski definition) is 1. The fourth-order valence-corrected chi connectivity index (χ4v) is 1.86. The molecule has 0 aliphatic heterocycles. The molecule has 1 atom stereocenters. The SMILES string of the molecule is NC(Cc1ccccc1F)c1csnn1. The lowest BCUT2D eigenvalue weighted by Gasteiger charge is -2.08. The van der Waals surface area contributed by atoms with Gasteiger partial charge in [-0.15, -0.1) is 5.10 Å². The minimum absolute atomic E-state index is 0.226. The van der Waals surface area contributed by atoms with Crippen LogP contribution >= 0.6 is 11.5 Å². The van der Waals surface area contributed by atoms with Crippen molar-refractivity contribution in [2.24, 2.45) is 5.73 Å². The summed E-state index contributed by atoms with van der Waals surface area (Å²) in [6, 6.07) is 6.33. The first-order valence-electron chi connectivity index (χ1n) is 4.53. The highest BCUT2D eigenvalue weighted by molar-refractivity contribution is 7.03. The van der Waals surface area contributed by atoms with Crippen molar-refractivity contribution in [3.05, 3.63) is 46.7 Å². The van der Waals surface area contributed by atoms with Crippen LogP contribution in [-0.4, -0.2) is 9.59 Å². The summed E-state index contributed by atoms with van der Waals surface area (Å²) in [4.78, 5) is 0. The van der Waals surface area contributed by atoms with Crippen LogP contribution in [0.25, 0.3) is 0 Å². The Kier molecular flexibility index (Phi) is 3.03. The van der Waals surface area contributed by atoms with Crippen molar-refractivity contribution in [3.63, 3.8) is 0 Å². The average molecular weight is 223 g/mol. The molecule has 0 spiro atoms. The molecule has 3 nitrogen and oxygen atoms in total. The van der Waals surface area contributed by atoms with Gasteiger partial charge in [-0.2, -0.15) is 0 Å². The summed E-state index contributed by atoms with van der Waals surface area (Å²) in [6.45, 7) is 0. The van der Waals surface area contributed by atoms with Crippen molar-refractivity contribution >= 4 is 11.5 Å². The average Bonchev–Trinajstić information content (AvgIpc) is 2.74. The molecule has 1 unspecified atom stereocenters. The summed E-state index contributed by atoms with van der Waals surface area (Å²) in [7, 11) is 0. The van der Waals surface area contributed by atoms with Gasteiger partial charge in [0.05, 0.1) is 11.7 Å². The second-order valence-corrected chi connectivity index (χ2v) is 3.84. The molecule has 0 bridgehead atoms. The molecule has 5 heteroatoms. The van der Waals surface area contributed by atoms with E-state index in [1.165, 1.54) is 17.6 Å². The third-order valence-corrected chi connectivity index (χ3v) is 2.68. The summed E-state index contributed by atoms with van der Waals surface area (Å²) in [6.07, 6.45) is 0.443. The molecule has 2 rings (SSSR count). The molecular weight excluding hydrogens is 213 g/mol. The summed E-state index contributed by atoms with van der Waals surface area (Å²) >= 11 is 1.25. The van der Waals surface area contributed by atoms with Crippen molar-refractivity contribution in [1.29, 1.82) is 0 Å². The fourth-order valence-electron chi connectivity index (χ4n) is 1.34. The van der Waals surface area contributed by atoms with E-state index < -0.39 is 0 Å². The molecule has 1 heterocycles. The zero-order chi connectivity index (χ0) is 10.7. The Morgan fingerprint density at radius 2 is 2.20 bits per heavy atom. The second-order valence-electron chi connectivity index (χ2n) is 3.23. The molecule has 2 N–H and O–H groups in total. The zero-order valence-electron chi connectivity index (χ0n) is 7.93. The largest absolute Gasteiger partial charge is 0.322 e. The number of halogens is 1. The van der Waals surface area contributed by atoms with Crippen LogP contribution < -0.4 is 5.73 Å². The molecule has 0 saturated carbocycles. The van der Waals surface area contributed by atoms with Crippen LogP contribution in [0.2, 0.25) is 0 Å². The van der Waals surface area contributed by atoms with Crippen LogP contribution in [0.4, 0.5) is 4.39 Å². The van der Waals surface area contributed by atoms with Gasteiger partial charge in [0, 0.05) is 5.38 Å². The third kappa shape index (κ3) is 2.37. The minimum atomic E-state index is -0.291. The number of rotatable bonds is 3. The van der Waals surface area contributed by atoms with Gasteiger partial charge in [-0.25, -0.2) is 4.39 Å². The zero-order valence-corrected chi connectivity index (χ0v) is 8.75. The first-order valence-corrected chi connectivity index (χ1v) is 5.37. The Bertz CT molecular complexity index is 430. The Labute approximate surface area is 90.9 Å². The predicted octanol–water partition coefficient (Wildman–Crippen LogP) is 1.92. The second kappa shape index (κ2) is 4.46. The van der Waals surface area contributed by atoms with Gasteiger partial charge in [0.1, 0.15) is 5.82 Å². The quantitative estimate of drug-likeness (QED) is 0.864. The van der Waals surface area contributed by atoms with E-state index in [2.05, 4.69) is 9.59 Å². The maximum absolute atomic E-state index is 13.3. The van der Waals surface area contributed by atoms with Crippen LogP contribution in [-0.2, 0) is 6.42 Å². The lowest BCUT2D eigenvalue weighted by atomic mass is 10.0. The minimum Gasteiger partial charge on any atom is -0.322 e. The van der Waals surface area contributed by atoms with Gasteiger partial charge in [0.25, 0.3) is 0 Å². The molecular formula is C10H10FN3S. The van der Waals surface area contributed by atoms with E-state index in [0.717, 1.165) is 0 Å². The molecule has 0 radical (unpaired) electrons. The van der Waals surface area contributed by atoms with E-state index >= 15 is 0 Å². The molecule has 1 aromatic carbocycles. The summed E-state index contributed by atoms with van der Waals surface area (Å²) in [5, 5.41) is 5.65. The van der Waals surface area contributed by atoms with Crippen LogP contribution in [0.15, 0.2) is 29.6 Å². The van der Waals surface area contributed by atoms with E-state index in [-0.39, 0.29) is 11.9 Å². The lowest BCUT2D eigenvalue weighted by Crippen LogP contribution is -2.14. The predicted molar refractivity (Wildman–Crippen MR) is 56.9 cm³/mol. The van der Waals surface area contributed by atoms with Gasteiger partial charge in [0.2, 0.25) is 0 Å². The highest BCUT2D eigenvalue weighted by atomic mass is 32.1. The van der Waals surface area contributed by atoms with Crippen LogP contribution in [0.1, 0.15) is 17.3 Å². The number of nitrogens with two attached hydrogens (primary N) is 1. The smallest absolute Gasteiger partial charge is 0.126 e. The fraction of sp³-hybridized carbons (Fsp3) is 0.200. The third-order valence-electron chi connectivity index (χ3n) is 2.15. The first-order chi connectivity index (χ1) is 7.27. The summed E-state index contributed by atoms with van der Waals surface area (Å²) in [5.74, 6) is -0.226. The van der Waals surface area contributed by atoms with Gasteiger partial charge < -0.3 is 5.73 Å². The summed E-state index contributed by atoms with van der Waals surface area (Å²) in [5.41, 5.74) is 7.20. The molecule has 0 aliphatic carbocycles. The number of benzene rings is 1. The summed E-state index contributed by atoms with van der Waals surface area (Å²) < 4.78 is 17.0. The molecule has 0 amide bonds. The van der Waals surface area contributed by atoms with Crippen LogP contribution in [0.5, 0.6) is 0 Å². The van der Waals surface area contributed by atoms with Crippen LogP contribution in [0.3, 0.4) is 0 Å². The molecule has 1 aromatic heterocycles. The highest BCUT2D eigenvalue weighted by Crippen LogP contribution is 2.16. The van der Waals surface area contributed by atoms with Gasteiger partial charge in [-0.1, -0.05) is 22.7 Å². The highest BCUT2D eigenvalue weighted by Gasteiger charge is 2.11. The van der Waals surface area contributed by atoms with E-state index in [4.69, 9.17) is 5.73 Å². The molecule has 15 heavy (non-hydrogen) atoms. The monoisotopic (exact) mass is 223 g/mol. The number of hydrogen-bond acceptors (Lipinski definition) is 4. The van der Waals surface area contributed by atoms with E-state index in [1.807, 2.05) is 0 Å². The van der Waals surface area contributed by atoms with Gasteiger partial charge in [-0.3, -0.25) is 0 Å². The van der Waals surface area contributed by atoms with Crippen molar-refractivity contribution in [1.82, 2.24) is 9.59 Å². The van der Waals surface area contributed by atoms with Crippen molar-refractivity contribution in [3.8, 4) is 0 Å². The van der Waals surface area contributed by atoms with Gasteiger partial charge in [0.15, 0.2) is 0 Å². The molecule has 2 aromatic rings. The number of aromatic nitrogens is 2. The van der Waals surface area contributed by atoms with E-state index in [0.29, 0.717) is 17.7 Å². The maximum Gasteiger partial charge on any atom is 0.126 e. The number of nitrogens with zero attached hydrogens (tertiary/aromatic N) is 2. The molecule has 0 saturated heterocycles. The first kappa shape index (κ1) is 10.2. The molecule has 0 aliphatic rings. The Balaban J connectivity index is 2.13. The lowest BCUT2D eigenvalue weighted by molar-refractivity contribution is 0.589.